The number of hydrogen-bond donors (Lipinski definition) is 1. The fraction of sp³-hybridized carbons (Fsp3) is 0.308. The number of aryl methyl sites for hydroxylation is 2. The van der Waals surface area contributed by atoms with Gasteiger partial charge in [-0.05, 0) is 67.5 Å². The number of benzene rings is 2. The molecule has 0 saturated heterocycles. The summed E-state index contributed by atoms with van der Waals surface area (Å²) in [4.78, 5) is 13.2. The van der Waals surface area contributed by atoms with Gasteiger partial charge in [-0.3, -0.25) is 4.79 Å². The van der Waals surface area contributed by atoms with E-state index in [2.05, 4.69) is 33.7 Å². The lowest BCUT2D eigenvalue weighted by Gasteiger charge is -2.26. The molecule has 1 amide bonds. The van der Waals surface area contributed by atoms with E-state index in [0.29, 0.717) is 29.0 Å². The van der Waals surface area contributed by atoms with Gasteiger partial charge in [-0.15, -0.1) is 10.2 Å². The number of carbonyl (C=O) groups excluding carboxylic acids is 1. The van der Waals surface area contributed by atoms with Crippen molar-refractivity contribution in [3.05, 3.63) is 82.9 Å². The van der Waals surface area contributed by atoms with E-state index in [1.807, 2.05) is 41.1 Å². The Hall–Kier alpha value is -3.74. The third kappa shape index (κ3) is 3.84. The number of rotatable bonds is 5. The van der Waals surface area contributed by atoms with Crippen LogP contribution in [0.4, 0.5) is 0 Å². The Kier molecular flexibility index (Phi) is 4.82. The Bertz CT molecular complexity index is 1330. The van der Waals surface area contributed by atoms with Crippen molar-refractivity contribution in [1.82, 2.24) is 25.3 Å². The van der Waals surface area contributed by atoms with E-state index >= 15 is 0 Å². The van der Waals surface area contributed by atoms with E-state index in [0.717, 1.165) is 43.5 Å². The maximum absolute atomic E-state index is 13.2. The highest BCUT2D eigenvalue weighted by molar-refractivity contribution is 5.95. The van der Waals surface area contributed by atoms with Crippen LogP contribution in [0.2, 0.25) is 0 Å². The molecular formula is C26H25N5O2. The van der Waals surface area contributed by atoms with E-state index in [4.69, 9.17) is 9.52 Å². The van der Waals surface area contributed by atoms with E-state index in [1.165, 1.54) is 11.1 Å². The van der Waals surface area contributed by atoms with Crippen molar-refractivity contribution in [3.8, 4) is 17.3 Å². The highest BCUT2D eigenvalue weighted by Crippen LogP contribution is 2.42. The molecule has 0 bridgehead atoms. The summed E-state index contributed by atoms with van der Waals surface area (Å²) in [5.41, 5.74) is 5.82. The van der Waals surface area contributed by atoms with Crippen LogP contribution in [0.3, 0.4) is 0 Å². The molecule has 1 atom stereocenters. The summed E-state index contributed by atoms with van der Waals surface area (Å²) in [7, 11) is 0. The van der Waals surface area contributed by atoms with Gasteiger partial charge < -0.3 is 9.73 Å². The van der Waals surface area contributed by atoms with Crippen molar-refractivity contribution in [2.45, 2.75) is 51.0 Å². The predicted molar refractivity (Wildman–Crippen MR) is 123 cm³/mol. The number of hydrogen-bond acceptors (Lipinski definition) is 5. The number of nitrogens with one attached hydrogen (secondary N) is 1. The van der Waals surface area contributed by atoms with Gasteiger partial charge in [0, 0.05) is 24.1 Å². The molecule has 2 heterocycles. The van der Waals surface area contributed by atoms with Crippen LogP contribution >= 0.6 is 0 Å². The Morgan fingerprint density at radius 1 is 1.06 bits per heavy atom. The van der Waals surface area contributed by atoms with Gasteiger partial charge in [0.25, 0.3) is 11.8 Å². The third-order valence-corrected chi connectivity index (χ3v) is 6.51. The fourth-order valence-corrected chi connectivity index (χ4v) is 4.70. The van der Waals surface area contributed by atoms with Crippen LogP contribution in [-0.4, -0.2) is 25.9 Å². The van der Waals surface area contributed by atoms with Gasteiger partial charge in [-0.1, -0.05) is 30.3 Å². The first-order valence-electron chi connectivity index (χ1n) is 11.6. The first kappa shape index (κ1) is 19.9. The minimum Gasteiger partial charge on any atom is -0.420 e. The van der Waals surface area contributed by atoms with Crippen molar-refractivity contribution in [2.24, 2.45) is 0 Å². The number of nitrogens with zero attached hydrogens (tertiary/aromatic N) is 4. The number of amides is 1. The van der Waals surface area contributed by atoms with Gasteiger partial charge in [0.05, 0.1) is 11.7 Å². The zero-order chi connectivity index (χ0) is 22.4. The van der Waals surface area contributed by atoms with Gasteiger partial charge in [-0.25, -0.2) is 4.68 Å². The minimum absolute atomic E-state index is 0.0465. The van der Waals surface area contributed by atoms with Crippen LogP contribution in [0.15, 0.2) is 59.0 Å². The molecule has 7 nitrogen and oxygen atoms in total. The molecule has 2 aliphatic carbocycles. The Morgan fingerprint density at radius 2 is 1.94 bits per heavy atom. The minimum atomic E-state index is -0.0635. The monoisotopic (exact) mass is 439 g/mol. The molecule has 6 rings (SSSR count). The number of fused-ring (bicyclic) bond motifs is 1. The normalized spacial score (nSPS) is 17.5. The van der Waals surface area contributed by atoms with Gasteiger partial charge in [0.1, 0.15) is 5.69 Å². The van der Waals surface area contributed by atoms with Crippen molar-refractivity contribution in [1.29, 1.82) is 0 Å². The molecule has 0 radical (unpaired) electrons. The molecule has 4 aromatic rings. The molecule has 0 aliphatic heterocycles. The molecule has 2 aromatic heterocycles. The lowest BCUT2D eigenvalue weighted by atomic mass is 9.87. The Morgan fingerprint density at radius 3 is 2.76 bits per heavy atom. The first-order chi connectivity index (χ1) is 16.2. The summed E-state index contributed by atoms with van der Waals surface area (Å²) >= 11 is 0. The van der Waals surface area contributed by atoms with Crippen molar-refractivity contribution < 1.29 is 9.21 Å². The molecule has 2 aliphatic rings. The Balaban J connectivity index is 1.30. The lowest BCUT2D eigenvalue weighted by Crippen LogP contribution is -2.31. The highest BCUT2D eigenvalue weighted by atomic mass is 16.4. The summed E-state index contributed by atoms with van der Waals surface area (Å²) in [6.07, 6.45) is 5.38. The van der Waals surface area contributed by atoms with Gasteiger partial charge in [0.15, 0.2) is 0 Å². The lowest BCUT2D eigenvalue weighted by molar-refractivity contribution is 0.0932. The molecule has 0 unspecified atom stereocenters. The standard InChI is InChI=1S/C26H25N5O2/c1-16-28-29-26(33-16)23-15-24(18-12-13-18)31(30-23)20-9-4-8-19(14-20)25(32)27-22-11-5-7-17-6-2-3-10-21(17)22/h2-4,6,8-10,14-15,18,22H,5,7,11-13H2,1H3,(H,27,32)/t22-/m1/s1. The van der Waals surface area contributed by atoms with E-state index in [-0.39, 0.29) is 11.9 Å². The molecule has 7 heteroatoms. The highest BCUT2D eigenvalue weighted by Gasteiger charge is 2.30. The van der Waals surface area contributed by atoms with Crippen LogP contribution in [0.1, 0.15) is 70.7 Å². The average Bonchev–Trinajstić information content (AvgIpc) is 3.44. The predicted octanol–water partition coefficient (Wildman–Crippen LogP) is 4.92. The zero-order valence-corrected chi connectivity index (χ0v) is 18.5. The molecule has 1 saturated carbocycles. The Labute approximate surface area is 191 Å². The molecule has 2 aromatic carbocycles. The fourth-order valence-electron chi connectivity index (χ4n) is 4.70. The zero-order valence-electron chi connectivity index (χ0n) is 18.5. The largest absolute Gasteiger partial charge is 0.420 e. The van der Waals surface area contributed by atoms with E-state index < -0.39 is 0 Å². The smallest absolute Gasteiger partial charge is 0.268 e. The summed E-state index contributed by atoms with van der Waals surface area (Å²) in [6, 6.07) is 18.1. The van der Waals surface area contributed by atoms with Crippen LogP contribution in [0.25, 0.3) is 17.3 Å². The van der Waals surface area contributed by atoms with E-state index in [1.54, 1.807) is 6.92 Å². The molecule has 0 spiro atoms. The molecular weight excluding hydrogens is 414 g/mol. The summed E-state index contributed by atoms with van der Waals surface area (Å²) in [5, 5.41) is 16.1. The average molecular weight is 440 g/mol. The second-order valence-electron chi connectivity index (χ2n) is 8.93. The molecule has 1 N–H and O–H groups in total. The van der Waals surface area contributed by atoms with Crippen LogP contribution in [0.5, 0.6) is 0 Å². The quantitative estimate of drug-likeness (QED) is 0.477. The summed E-state index contributed by atoms with van der Waals surface area (Å²) in [5.74, 6) is 1.33. The van der Waals surface area contributed by atoms with Gasteiger partial charge in [0.2, 0.25) is 5.89 Å². The van der Waals surface area contributed by atoms with Crippen molar-refractivity contribution >= 4 is 5.91 Å². The summed E-state index contributed by atoms with van der Waals surface area (Å²) < 4.78 is 7.50. The topological polar surface area (TPSA) is 85.8 Å². The first-order valence-corrected chi connectivity index (χ1v) is 11.6. The number of aromatic nitrogens is 4. The van der Waals surface area contributed by atoms with E-state index in [9.17, 15) is 4.79 Å². The van der Waals surface area contributed by atoms with Crippen LogP contribution < -0.4 is 5.32 Å². The summed E-state index contributed by atoms with van der Waals surface area (Å²) in [6.45, 7) is 1.77. The second-order valence-corrected chi connectivity index (χ2v) is 8.93. The third-order valence-electron chi connectivity index (χ3n) is 6.51. The van der Waals surface area contributed by atoms with Gasteiger partial charge >= 0.3 is 0 Å². The maximum Gasteiger partial charge on any atom is 0.268 e. The van der Waals surface area contributed by atoms with Crippen molar-refractivity contribution in [3.63, 3.8) is 0 Å². The SMILES string of the molecule is Cc1nnc(-c2cc(C3CC3)n(-c3cccc(C(=O)N[C@@H]4CCCc5ccccc54)c3)n2)o1. The molecule has 166 valence electrons. The second kappa shape index (κ2) is 7.99. The molecule has 1 fully saturated rings. The maximum atomic E-state index is 13.2. The van der Waals surface area contributed by atoms with Gasteiger partial charge in [-0.2, -0.15) is 5.10 Å². The molecule has 33 heavy (non-hydrogen) atoms. The van der Waals surface area contributed by atoms with Crippen molar-refractivity contribution in [2.75, 3.05) is 0 Å². The van der Waals surface area contributed by atoms with Crippen LogP contribution in [0, 0.1) is 6.92 Å². The number of carbonyl (C=O) groups is 1. The van der Waals surface area contributed by atoms with Crippen LogP contribution in [-0.2, 0) is 6.42 Å².